The van der Waals surface area contributed by atoms with Crippen molar-refractivity contribution >= 4 is 21.5 Å². The summed E-state index contributed by atoms with van der Waals surface area (Å²) < 4.78 is 25.6. The Labute approximate surface area is 103 Å². The van der Waals surface area contributed by atoms with Crippen LogP contribution in [0.4, 0.5) is 11.5 Å². The molecule has 1 aromatic rings. The number of anilines is 1. The predicted octanol–water partition coefficient (Wildman–Crippen LogP) is -0.767. The van der Waals surface area contributed by atoms with Crippen molar-refractivity contribution in [1.82, 2.24) is 9.71 Å². The van der Waals surface area contributed by atoms with Gasteiger partial charge in [-0.05, 0) is 6.42 Å². The van der Waals surface area contributed by atoms with Crippen LogP contribution in [0.5, 0.6) is 0 Å². The summed E-state index contributed by atoms with van der Waals surface area (Å²) in [5, 5.41) is 19.1. The second-order valence-electron chi connectivity index (χ2n) is 3.31. The number of rotatable bonds is 6. The summed E-state index contributed by atoms with van der Waals surface area (Å²) in [5.41, 5.74) is 4.68. The van der Waals surface area contributed by atoms with Crippen LogP contribution in [0.1, 0.15) is 6.42 Å². The van der Waals surface area contributed by atoms with E-state index in [2.05, 4.69) is 9.71 Å². The highest BCUT2D eigenvalue weighted by Gasteiger charge is 2.20. The molecule has 18 heavy (non-hydrogen) atoms. The van der Waals surface area contributed by atoms with Crippen molar-refractivity contribution in [3.63, 3.8) is 0 Å². The summed E-state index contributed by atoms with van der Waals surface area (Å²) in [6.45, 7) is -0.139. The van der Waals surface area contributed by atoms with Gasteiger partial charge in [-0.15, -0.1) is 0 Å². The van der Waals surface area contributed by atoms with Crippen LogP contribution < -0.4 is 10.5 Å². The second kappa shape index (κ2) is 5.71. The van der Waals surface area contributed by atoms with Crippen LogP contribution in [0.15, 0.2) is 17.2 Å². The minimum absolute atomic E-state index is 0.0248. The Morgan fingerprint density at radius 2 is 2.22 bits per heavy atom. The van der Waals surface area contributed by atoms with Gasteiger partial charge in [-0.2, -0.15) is 0 Å². The zero-order valence-corrected chi connectivity index (χ0v) is 10.1. The zero-order valence-electron chi connectivity index (χ0n) is 9.24. The molecule has 0 unspecified atom stereocenters. The van der Waals surface area contributed by atoms with Crippen LogP contribution in [0.25, 0.3) is 0 Å². The van der Waals surface area contributed by atoms with Crippen LogP contribution in [0.2, 0.25) is 0 Å². The molecule has 0 bridgehead atoms. The van der Waals surface area contributed by atoms with Crippen molar-refractivity contribution in [3.8, 4) is 0 Å². The number of pyridine rings is 1. The number of hydrogen-bond donors (Lipinski definition) is 3. The Hall–Kier alpha value is -1.78. The van der Waals surface area contributed by atoms with Gasteiger partial charge in [0.15, 0.2) is 0 Å². The molecule has 0 saturated heterocycles. The molecule has 0 aliphatic heterocycles. The Kier molecular flexibility index (Phi) is 4.53. The molecule has 0 aliphatic rings. The monoisotopic (exact) mass is 276 g/mol. The van der Waals surface area contributed by atoms with E-state index in [0.717, 1.165) is 12.3 Å². The van der Waals surface area contributed by atoms with E-state index >= 15 is 0 Å². The number of nitrogens with two attached hydrogens (primary N) is 1. The molecule has 0 atom stereocenters. The van der Waals surface area contributed by atoms with Crippen molar-refractivity contribution in [2.24, 2.45) is 0 Å². The molecule has 0 aliphatic carbocycles. The lowest BCUT2D eigenvalue weighted by Gasteiger charge is -2.05. The smallest absolute Gasteiger partial charge is 0.312 e. The molecule has 0 amide bonds. The molecular weight excluding hydrogens is 264 g/mol. The maximum Gasteiger partial charge on any atom is 0.312 e. The first-order chi connectivity index (χ1) is 8.38. The van der Waals surface area contributed by atoms with E-state index in [0.29, 0.717) is 0 Å². The standard InChI is InChI=1S/C8H12N4O5S/c9-8-7(12(14)15)4-6(5-10-8)18(16,17)11-2-1-3-13/h4-5,11,13H,1-3H2,(H2,9,10). The van der Waals surface area contributed by atoms with Gasteiger partial charge in [0.05, 0.1) is 4.92 Å². The highest BCUT2D eigenvalue weighted by atomic mass is 32.2. The van der Waals surface area contributed by atoms with E-state index in [4.69, 9.17) is 10.8 Å². The van der Waals surface area contributed by atoms with Crippen molar-refractivity contribution in [2.75, 3.05) is 18.9 Å². The lowest BCUT2D eigenvalue weighted by atomic mass is 10.4. The molecule has 4 N–H and O–H groups in total. The van der Waals surface area contributed by atoms with Gasteiger partial charge in [-0.1, -0.05) is 0 Å². The Balaban J connectivity index is 3.02. The number of nitro groups is 1. The fourth-order valence-corrected chi connectivity index (χ4v) is 2.15. The average molecular weight is 276 g/mol. The van der Waals surface area contributed by atoms with Gasteiger partial charge in [0.1, 0.15) is 4.90 Å². The van der Waals surface area contributed by atoms with Crippen molar-refractivity contribution in [2.45, 2.75) is 11.3 Å². The third-order valence-electron chi connectivity index (χ3n) is 2.01. The number of nitrogens with zero attached hydrogens (tertiary/aromatic N) is 2. The molecule has 0 spiro atoms. The van der Waals surface area contributed by atoms with Gasteiger partial charge >= 0.3 is 5.69 Å². The predicted molar refractivity (Wildman–Crippen MR) is 62.2 cm³/mol. The summed E-state index contributed by atoms with van der Waals surface area (Å²) >= 11 is 0. The highest BCUT2D eigenvalue weighted by molar-refractivity contribution is 7.89. The van der Waals surface area contributed by atoms with Crippen LogP contribution in [-0.2, 0) is 10.0 Å². The third-order valence-corrected chi connectivity index (χ3v) is 3.43. The molecule has 0 fully saturated rings. The Morgan fingerprint density at radius 3 is 2.78 bits per heavy atom. The van der Waals surface area contributed by atoms with Crippen LogP contribution in [0, 0.1) is 10.1 Å². The van der Waals surface area contributed by atoms with E-state index in [9.17, 15) is 18.5 Å². The molecule has 1 rings (SSSR count). The quantitative estimate of drug-likeness (QED) is 0.351. The summed E-state index contributed by atoms with van der Waals surface area (Å²) in [7, 11) is -3.89. The fraction of sp³-hybridized carbons (Fsp3) is 0.375. The van der Waals surface area contributed by atoms with Crippen LogP contribution >= 0.6 is 0 Å². The Morgan fingerprint density at radius 1 is 1.56 bits per heavy atom. The number of hydrogen-bond acceptors (Lipinski definition) is 7. The SMILES string of the molecule is Nc1ncc(S(=O)(=O)NCCCO)cc1[N+](=O)[O-]. The highest BCUT2D eigenvalue weighted by Crippen LogP contribution is 2.21. The molecule has 0 aromatic carbocycles. The van der Waals surface area contributed by atoms with Gasteiger partial charge < -0.3 is 10.8 Å². The van der Waals surface area contributed by atoms with Gasteiger partial charge in [-0.25, -0.2) is 18.1 Å². The Bertz CT molecular complexity index is 544. The van der Waals surface area contributed by atoms with Gasteiger partial charge in [0, 0.05) is 25.4 Å². The maximum absolute atomic E-state index is 11.7. The average Bonchev–Trinajstić information content (AvgIpc) is 2.29. The maximum atomic E-state index is 11.7. The van der Waals surface area contributed by atoms with Gasteiger partial charge in [0.25, 0.3) is 0 Å². The molecule has 1 heterocycles. The number of aliphatic hydroxyl groups is 1. The van der Waals surface area contributed by atoms with E-state index in [1.807, 2.05) is 0 Å². The minimum atomic E-state index is -3.89. The first kappa shape index (κ1) is 14.3. The number of sulfonamides is 1. The van der Waals surface area contributed by atoms with E-state index in [1.54, 1.807) is 0 Å². The van der Waals surface area contributed by atoms with E-state index in [-0.39, 0.29) is 30.3 Å². The van der Waals surface area contributed by atoms with Gasteiger partial charge in [-0.3, -0.25) is 10.1 Å². The lowest BCUT2D eigenvalue weighted by Crippen LogP contribution is -2.25. The number of aromatic nitrogens is 1. The summed E-state index contributed by atoms with van der Waals surface area (Å²) in [6, 6.07) is 0.837. The van der Waals surface area contributed by atoms with Crippen LogP contribution in [0.3, 0.4) is 0 Å². The molecule has 100 valence electrons. The normalized spacial score (nSPS) is 11.4. The van der Waals surface area contributed by atoms with Crippen molar-refractivity contribution in [3.05, 3.63) is 22.4 Å². The number of nitrogens with one attached hydrogen (secondary N) is 1. The zero-order chi connectivity index (χ0) is 13.8. The first-order valence-corrected chi connectivity index (χ1v) is 6.37. The fourth-order valence-electron chi connectivity index (χ4n) is 1.11. The summed E-state index contributed by atoms with van der Waals surface area (Å²) in [5.74, 6) is -0.352. The van der Waals surface area contributed by atoms with Crippen LogP contribution in [-0.4, -0.2) is 36.6 Å². The van der Waals surface area contributed by atoms with Crippen molar-refractivity contribution in [1.29, 1.82) is 0 Å². The minimum Gasteiger partial charge on any atom is -0.396 e. The van der Waals surface area contributed by atoms with E-state index < -0.39 is 20.6 Å². The summed E-state index contributed by atoms with van der Waals surface area (Å²) in [6.07, 6.45) is 1.17. The molecule has 0 saturated carbocycles. The number of nitrogen functional groups attached to an aromatic ring is 1. The third kappa shape index (κ3) is 3.35. The van der Waals surface area contributed by atoms with E-state index in [1.165, 1.54) is 0 Å². The van der Waals surface area contributed by atoms with Crippen molar-refractivity contribution < 1.29 is 18.4 Å². The van der Waals surface area contributed by atoms with Gasteiger partial charge in [0.2, 0.25) is 15.8 Å². The second-order valence-corrected chi connectivity index (χ2v) is 5.07. The molecular formula is C8H12N4O5S. The lowest BCUT2D eigenvalue weighted by molar-refractivity contribution is -0.384. The largest absolute Gasteiger partial charge is 0.396 e. The summed E-state index contributed by atoms with van der Waals surface area (Å²) in [4.78, 5) is 12.9. The first-order valence-electron chi connectivity index (χ1n) is 4.89. The molecule has 0 radical (unpaired) electrons. The molecule has 1 aromatic heterocycles. The number of aliphatic hydroxyl groups excluding tert-OH is 1. The molecule has 10 heteroatoms. The molecule has 9 nitrogen and oxygen atoms in total. The topological polar surface area (TPSA) is 148 Å².